The Morgan fingerprint density at radius 2 is 1.44 bits per heavy atom. The Kier molecular flexibility index (Phi) is 13.7. The second-order valence-electron chi connectivity index (χ2n) is 7.92. The Labute approximate surface area is 156 Å². The smallest absolute Gasteiger partial charge is 0.0743 e. The van der Waals surface area contributed by atoms with Crippen molar-refractivity contribution in [2.24, 2.45) is 5.92 Å². The van der Waals surface area contributed by atoms with Gasteiger partial charge < -0.3 is 20.8 Å². The first kappa shape index (κ1) is 22.9. The van der Waals surface area contributed by atoms with E-state index in [1.807, 2.05) is 0 Å². The summed E-state index contributed by atoms with van der Waals surface area (Å²) in [5.74, 6) is 0.332. The van der Waals surface area contributed by atoms with Crippen LogP contribution in [0.4, 0.5) is 0 Å². The van der Waals surface area contributed by atoms with Crippen molar-refractivity contribution < 1.29 is 10.2 Å². The SMILES string of the molecule is CCCCCCNC1CCC(C(O)C(CO)NCCCCCC)CC1. The summed E-state index contributed by atoms with van der Waals surface area (Å²) in [7, 11) is 0. The molecule has 0 spiro atoms. The molecule has 25 heavy (non-hydrogen) atoms. The monoisotopic (exact) mass is 356 g/mol. The van der Waals surface area contributed by atoms with E-state index in [1.54, 1.807) is 0 Å². The van der Waals surface area contributed by atoms with Crippen molar-refractivity contribution in [3.8, 4) is 0 Å². The number of unbranched alkanes of at least 4 members (excludes halogenated alkanes) is 6. The minimum absolute atomic E-state index is 0.0323. The van der Waals surface area contributed by atoms with Crippen LogP contribution >= 0.6 is 0 Å². The van der Waals surface area contributed by atoms with E-state index in [1.165, 1.54) is 44.9 Å². The van der Waals surface area contributed by atoms with Crippen molar-refractivity contribution in [1.82, 2.24) is 10.6 Å². The average molecular weight is 357 g/mol. The zero-order chi connectivity index (χ0) is 18.3. The number of rotatable bonds is 15. The molecule has 1 rings (SSSR count). The molecule has 1 saturated carbocycles. The summed E-state index contributed by atoms with van der Waals surface area (Å²) >= 11 is 0. The van der Waals surface area contributed by atoms with Gasteiger partial charge in [-0.15, -0.1) is 0 Å². The van der Waals surface area contributed by atoms with E-state index in [2.05, 4.69) is 24.5 Å². The van der Waals surface area contributed by atoms with E-state index in [9.17, 15) is 10.2 Å². The number of nitrogens with one attached hydrogen (secondary N) is 2. The highest BCUT2D eigenvalue weighted by Crippen LogP contribution is 2.28. The highest BCUT2D eigenvalue weighted by atomic mass is 16.3. The summed E-state index contributed by atoms with van der Waals surface area (Å²) in [5, 5.41) is 27.4. The third-order valence-electron chi connectivity index (χ3n) is 5.76. The Balaban J connectivity index is 2.18. The largest absolute Gasteiger partial charge is 0.395 e. The molecule has 2 unspecified atom stereocenters. The van der Waals surface area contributed by atoms with Crippen molar-refractivity contribution in [3.63, 3.8) is 0 Å². The van der Waals surface area contributed by atoms with Crippen molar-refractivity contribution >= 4 is 0 Å². The zero-order valence-electron chi connectivity index (χ0n) is 16.8. The Hall–Kier alpha value is -0.160. The first-order chi connectivity index (χ1) is 12.2. The van der Waals surface area contributed by atoms with Crippen LogP contribution in [0.5, 0.6) is 0 Å². The lowest BCUT2D eigenvalue weighted by molar-refractivity contribution is 0.0257. The first-order valence-corrected chi connectivity index (χ1v) is 11.0. The quantitative estimate of drug-likeness (QED) is 0.339. The third kappa shape index (κ3) is 9.93. The van der Waals surface area contributed by atoms with E-state index in [0.29, 0.717) is 12.0 Å². The minimum Gasteiger partial charge on any atom is -0.395 e. The molecular weight excluding hydrogens is 312 g/mol. The van der Waals surface area contributed by atoms with E-state index in [-0.39, 0.29) is 12.6 Å². The van der Waals surface area contributed by atoms with Gasteiger partial charge in [-0.3, -0.25) is 0 Å². The normalized spacial score (nSPS) is 23.5. The Morgan fingerprint density at radius 1 is 0.840 bits per heavy atom. The van der Waals surface area contributed by atoms with E-state index < -0.39 is 6.10 Å². The summed E-state index contributed by atoms with van der Waals surface area (Å²) in [6.07, 6.45) is 14.2. The molecule has 0 radical (unpaired) electrons. The van der Waals surface area contributed by atoms with Gasteiger partial charge in [0.2, 0.25) is 0 Å². The van der Waals surface area contributed by atoms with Gasteiger partial charge in [0, 0.05) is 6.04 Å². The number of hydrogen-bond acceptors (Lipinski definition) is 4. The topological polar surface area (TPSA) is 64.5 Å². The van der Waals surface area contributed by atoms with E-state index in [0.717, 1.165) is 45.2 Å². The van der Waals surface area contributed by atoms with Gasteiger partial charge in [-0.2, -0.15) is 0 Å². The van der Waals surface area contributed by atoms with Gasteiger partial charge in [-0.05, 0) is 57.5 Å². The fraction of sp³-hybridized carbons (Fsp3) is 1.00. The second-order valence-corrected chi connectivity index (χ2v) is 7.92. The summed E-state index contributed by atoms with van der Waals surface area (Å²) in [5.41, 5.74) is 0. The van der Waals surface area contributed by atoms with Crippen molar-refractivity contribution in [1.29, 1.82) is 0 Å². The Morgan fingerprint density at radius 3 is 2.00 bits per heavy atom. The Bertz CT molecular complexity index is 294. The lowest BCUT2D eigenvalue weighted by Crippen LogP contribution is -2.48. The summed E-state index contributed by atoms with van der Waals surface area (Å²) < 4.78 is 0. The molecule has 150 valence electrons. The molecule has 4 N–H and O–H groups in total. The predicted molar refractivity (Wildman–Crippen MR) is 107 cm³/mol. The van der Waals surface area contributed by atoms with Gasteiger partial charge in [0.15, 0.2) is 0 Å². The van der Waals surface area contributed by atoms with Crippen LogP contribution in [0.1, 0.15) is 90.9 Å². The van der Waals surface area contributed by atoms with Crippen LogP contribution in [-0.2, 0) is 0 Å². The van der Waals surface area contributed by atoms with Crippen LogP contribution in [-0.4, -0.2) is 48.1 Å². The van der Waals surface area contributed by atoms with Gasteiger partial charge >= 0.3 is 0 Å². The molecule has 1 fully saturated rings. The molecule has 0 saturated heterocycles. The van der Waals surface area contributed by atoms with Crippen LogP contribution in [0.15, 0.2) is 0 Å². The molecule has 1 aliphatic carbocycles. The molecule has 0 aromatic rings. The van der Waals surface area contributed by atoms with Gasteiger partial charge in [-0.1, -0.05) is 52.4 Å². The number of hydrogen-bond donors (Lipinski definition) is 4. The molecule has 0 aromatic carbocycles. The molecule has 0 amide bonds. The maximum Gasteiger partial charge on any atom is 0.0743 e. The molecule has 0 aromatic heterocycles. The van der Waals surface area contributed by atoms with Crippen molar-refractivity contribution in [3.05, 3.63) is 0 Å². The van der Waals surface area contributed by atoms with Gasteiger partial charge in [0.1, 0.15) is 0 Å². The molecule has 4 heteroatoms. The van der Waals surface area contributed by atoms with Crippen molar-refractivity contribution in [2.45, 2.75) is 109 Å². The van der Waals surface area contributed by atoms with E-state index in [4.69, 9.17) is 0 Å². The molecular formula is C21H44N2O2. The van der Waals surface area contributed by atoms with Gasteiger partial charge in [0.05, 0.1) is 18.8 Å². The maximum absolute atomic E-state index is 10.7. The summed E-state index contributed by atoms with van der Waals surface area (Å²) in [4.78, 5) is 0. The molecule has 1 aliphatic rings. The van der Waals surface area contributed by atoms with Crippen LogP contribution in [0.25, 0.3) is 0 Å². The van der Waals surface area contributed by atoms with E-state index >= 15 is 0 Å². The highest BCUT2D eigenvalue weighted by molar-refractivity contribution is 4.86. The third-order valence-corrected chi connectivity index (χ3v) is 5.76. The van der Waals surface area contributed by atoms with Gasteiger partial charge in [-0.25, -0.2) is 0 Å². The molecule has 4 nitrogen and oxygen atoms in total. The van der Waals surface area contributed by atoms with Crippen LogP contribution in [0.3, 0.4) is 0 Å². The second kappa shape index (κ2) is 15.0. The maximum atomic E-state index is 10.7. The zero-order valence-corrected chi connectivity index (χ0v) is 16.8. The standard InChI is InChI=1S/C21H44N2O2/c1-3-5-7-9-15-22-19-13-11-18(12-14-19)21(25)20(17-24)23-16-10-8-6-4-2/h18-25H,3-17H2,1-2H3. The first-order valence-electron chi connectivity index (χ1n) is 11.0. The summed E-state index contributed by atoms with van der Waals surface area (Å²) in [6.45, 7) is 6.53. The fourth-order valence-electron chi connectivity index (χ4n) is 3.98. The van der Waals surface area contributed by atoms with Crippen LogP contribution in [0, 0.1) is 5.92 Å². The van der Waals surface area contributed by atoms with Crippen LogP contribution < -0.4 is 10.6 Å². The molecule has 2 atom stereocenters. The lowest BCUT2D eigenvalue weighted by Gasteiger charge is -2.35. The molecule has 0 heterocycles. The van der Waals surface area contributed by atoms with Crippen LogP contribution in [0.2, 0.25) is 0 Å². The average Bonchev–Trinajstić information content (AvgIpc) is 2.64. The minimum atomic E-state index is -0.415. The number of aliphatic hydroxyl groups excluding tert-OH is 2. The fourth-order valence-corrected chi connectivity index (χ4v) is 3.98. The highest BCUT2D eigenvalue weighted by Gasteiger charge is 2.30. The molecule has 0 bridgehead atoms. The van der Waals surface area contributed by atoms with Crippen molar-refractivity contribution in [2.75, 3.05) is 19.7 Å². The number of aliphatic hydroxyl groups is 2. The summed E-state index contributed by atoms with van der Waals surface area (Å²) in [6, 6.07) is 0.463. The lowest BCUT2D eigenvalue weighted by atomic mass is 9.80. The van der Waals surface area contributed by atoms with Gasteiger partial charge in [0.25, 0.3) is 0 Å². The molecule has 0 aliphatic heterocycles. The predicted octanol–water partition coefficient (Wildman–Crippen LogP) is 3.61.